The molecule has 0 spiro atoms. The summed E-state index contributed by atoms with van der Waals surface area (Å²) in [6.45, 7) is 7.94. The Hall–Kier alpha value is -1.62. The van der Waals surface area contributed by atoms with Crippen LogP contribution in [0.1, 0.15) is 44.0 Å². The van der Waals surface area contributed by atoms with E-state index in [4.69, 9.17) is 17.0 Å². The highest BCUT2D eigenvalue weighted by molar-refractivity contribution is 7.80. The van der Waals surface area contributed by atoms with Crippen molar-refractivity contribution in [2.24, 2.45) is 5.92 Å². The number of thiocarbonyl (C=S) groups is 1. The SMILES string of the molecule is CC1CCN(C(=S)NC(=O)c2ccccc2OC(C)C)CC1. The van der Waals surface area contributed by atoms with Crippen molar-refractivity contribution >= 4 is 23.2 Å². The van der Waals surface area contributed by atoms with Crippen LogP contribution in [0.25, 0.3) is 0 Å². The molecule has 1 N–H and O–H groups in total. The molecule has 1 heterocycles. The van der Waals surface area contributed by atoms with Crippen LogP contribution >= 0.6 is 12.2 Å². The first-order valence-electron chi connectivity index (χ1n) is 7.83. The third-order valence-corrected chi connectivity index (χ3v) is 4.15. The van der Waals surface area contributed by atoms with Crippen LogP contribution in [-0.4, -0.2) is 35.1 Å². The lowest BCUT2D eigenvalue weighted by Gasteiger charge is -2.32. The molecule has 1 aliphatic heterocycles. The minimum absolute atomic E-state index is 0.0180. The largest absolute Gasteiger partial charge is 0.490 e. The van der Waals surface area contributed by atoms with Gasteiger partial charge in [0.2, 0.25) is 0 Å². The molecule has 0 bridgehead atoms. The molecular formula is C17H24N2O2S. The second kappa shape index (κ2) is 7.58. The molecule has 1 saturated heterocycles. The summed E-state index contributed by atoms with van der Waals surface area (Å²) in [7, 11) is 0. The number of hydrogen-bond acceptors (Lipinski definition) is 3. The molecule has 4 nitrogen and oxygen atoms in total. The van der Waals surface area contributed by atoms with Gasteiger partial charge in [-0.2, -0.15) is 0 Å². The second-order valence-corrected chi connectivity index (χ2v) is 6.48. The number of rotatable bonds is 3. The Labute approximate surface area is 137 Å². The van der Waals surface area contributed by atoms with Gasteiger partial charge in [-0.1, -0.05) is 19.1 Å². The highest BCUT2D eigenvalue weighted by Gasteiger charge is 2.21. The first-order valence-corrected chi connectivity index (χ1v) is 8.24. The highest BCUT2D eigenvalue weighted by Crippen LogP contribution is 2.20. The van der Waals surface area contributed by atoms with E-state index in [1.807, 2.05) is 26.0 Å². The maximum absolute atomic E-state index is 12.5. The van der Waals surface area contributed by atoms with Crippen molar-refractivity contribution in [1.29, 1.82) is 0 Å². The predicted octanol–water partition coefficient (Wildman–Crippen LogP) is 3.22. The van der Waals surface area contributed by atoms with E-state index in [2.05, 4.69) is 17.1 Å². The monoisotopic (exact) mass is 320 g/mol. The maximum Gasteiger partial charge on any atom is 0.261 e. The van der Waals surface area contributed by atoms with Gasteiger partial charge in [0.1, 0.15) is 5.75 Å². The van der Waals surface area contributed by atoms with E-state index in [1.54, 1.807) is 12.1 Å². The van der Waals surface area contributed by atoms with Crippen LogP contribution in [0.15, 0.2) is 24.3 Å². The number of piperidine rings is 1. The van der Waals surface area contributed by atoms with Gasteiger partial charge in [0.05, 0.1) is 11.7 Å². The summed E-state index contributed by atoms with van der Waals surface area (Å²) in [5.74, 6) is 1.11. The third-order valence-electron chi connectivity index (χ3n) is 3.79. The predicted molar refractivity (Wildman–Crippen MR) is 92.2 cm³/mol. The van der Waals surface area contributed by atoms with Crippen molar-refractivity contribution < 1.29 is 9.53 Å². The summed E-state index contributed by atoms with van der Waals surface area (Å²) < 4.78 is 5.69. The van der Waals surface area contributed by atoms with Gasteiger partial charge in [-0.15, -0.1) is 0 Å². The molecule has 5 heteroatoms. The molecule has 0 aliphatic carbocycles. The molecule has 1 aliphatic rings. The van der Waals surface area contributed by atoms with Crippen LogP contribution in [0, 0.1) is 5.92 Å². The number of para-hydroxylation sites is 1. The standard InChI is InChI=1S/C17H24N2O2S/c1-12(2)21-15-7-5-4-6-14(15)16(20)18-17(22)19-10-8-13(3)9-11-19/h4-7,12-13H,8-11H2,1-3H3,(H,18,20,22). The fraction of sp³-hybridized carbons (Fsp3) is 0.529. The van der Waals surface area contributed by atoms with E-state index >= 15 is 0 Å². The molecule has 0 aromatic heterocycles. The van der Waals surface area contributed by atoms with Crippen molar-refractivity contribution in [1.82, 2.24) is 10.2 Å². The van der Waals surface area contributed by atoms with Crippen molar-refractivity contribution in [3.05, 3.63) is 29.8 Å². The summed E-state index contributed by atoms with van der Waals surface area (Å²) in [6.07, 6.45) is 2.25. The second-order valence-electron chi connectivity index (χ2n) is 6.09. The molecule has 1 aromatic carbocycles. The van der Waals surface area contributed by atoms with E-state index in [0.29, 0.717) is 16.4 Å². The Kier molecular flexibility index (Phi) is 5.77. The van der Waals surface area contributed by atoms with Crippen molar-refractivity contribution in [2.45, 2.75) is 39.7 Å². The molecule has 2 rings (SSSR count). The molecule has 0 saturated carbocycles. The van der Waals surface area contributed by atoms with Crippen molar-refractivity contribution in [3.8, 4) is 5.75 Å². The topological polar surface area (TPSA) is 41.6 Å². The van der Waals surface area contributed by atoms with E-state index in [-0.39, 0.29) is 12.0 Å². The minimum atomic E-state index is -0.208. The lowest BCUT2D eigenvalue weighted by molar-refractivity contribution is 0.0966. The number of hydrogen-bond donors (Lipinski definition) is 1. The quantitative estimate of drug-likeness (QED) is 0.868. The smallest absolute Gasteiger partial charge is 0.261 e. The Balaban J connectivity index is 2.01. The van der Waals surface area contributed by atoms with Crippen LogP contribution in [0.3, 0.4) is 0 Å². The average molecular weight is 320 g/mol. The highest BCUT2D eigenvalue weighted by atomic mass is 32.1. The fourth-order valence-electron chi connectivity index (χ4n) is 2.47. The summed E-state index contributed by atoms with van der Waals surface area (Å²) in [4.78, 5) is 14.5. The fourth-order valence-corrected chi connectivity index (χ4v) is 2.74. The lowest BCUT2D eigenvalue weighted by atomic mass is 10.00. The summed E-state index contributed by atoms with van der Waals surface area (Å²) in [6, 6.07) is 7.25. The molecule has 0 unspecified atom stereocenters. The summed E-state index contributed by atoms with van der Waals surface area (Å²) in [5.41, 5.74) is 0.518. The van der Waals surface area contributed by atoms with Crippen LogP contribution in [0.4, 0.5) is 0 Å². The number of carbonyl (C=O) groups is 1. The van der Waals surface area contributed by atoms with Gasteiger partial charge in [-0.25, -0.2) is 0 Å². The van der Waals surface area contributed by atoms with E-state index in [1.165, 1.54) is 0 Å². The van der Waals surface area contributed by atoms with Crippen LogP contribution < -0.4 is 10.1 Å². The average Bonchev–Trinajstić information content (AvgIpc) is 2.47. The summed E-state index contributed by atoms with van der Waals surface area (Å²) in [5, 5.41) is 3.34. The Morgan fingerprint density at radius 2 is 1.95 bits per heavy atom. The van der Waals surface area contributed by atoms with Crippen molar-refractivity contribution in [3.63, 3.8) is 0 Å². The number of carbonyl (C=O) groups excluding carboxylic acids is 1. The van der Waals surface area contributed by atoms with Gasteiger partial charge in [-0.3, -0.25) is 10.1 Å². The molecule has 22 heavy (non-hydrogen) atoms. The number of nitrogens with zero attached hydrogens (tertiary/aromatic N) is 1. The number of nitrogens with one attached hydrogen (secondary N) is 1. The number of ether oxygens (including phenoxy) is 1. The van der Waals surface area contributed by atoms with E-state index in [0.717, 1.165) is 31.8 Å². The van der Waals surface area contributed by atoms with E-state index < -0.39 is 0 Å². The first-order chi connectivity index (χ1) is 10.5. The maximum atomic E-state index is 12.5. The van der Waals surface area contributed by atoms with Crippen molar-refractivity contribution in [2.75, 3.05) is 13.1 Å². The van der Waals surface area contributed by atoms with Gasteiger partial charge < -0.3 is 9.64 Å². The van der Waals surface area contributed by atoms with Gasteiger partial charge in [0, 0.05) is 13.1 Å². The Bertz CT molecular complexity index is 537. The number of benzene rings is 1. The summed E-state index contributed by atoms with van der Waals surface area (Å²) >= 11 is 5.37. The first kappa shape index (κ1) is 16.7. The zero-order chi connectivity index (χ0) is 16.1. The van der Waals surface area contributed by atoms with Gasteiger partial charge in [-0.05, 0) is 57.0 Å². The molecule has 120 valence electrons. The normalized spacial score (nSPS) is 15.7. The van der Waals surface area contributed by atoms with Crippen LogP contribution in [0.2, 0.25) is 0 Å². The van der Waals surface area contributed by atoms with Crippen LogP contribution in [-0.2, 0) is 0 Å². The zero-order valence-corrected chi connectivity index (χ0v) is 14.3. The molecular weight excluding hydrogens is 296 g/mol. The molecule has 0 atom stereocenters. The van der Waals surface area contributed by atoms with E-state index in [9.17, 15) is 4.79 Å². The van der Waals surface area contributed by atoms with Gasteiger partial charge >= 0.3 is 0 Å². The molecule has 0 radical (unpaired) electrons. The number of amides is 1. The Morgan fingerprint density at radius 3 is 2.59 bits per heavy atom. The lowest BCUT2D eigenvalue weighted by Crippen LogP contribution is -2.46. The molecule has 1 amide bonds. The number of likely N-dealkylation sites (tertiary alicyclic amines) is 1. The van der Waals surface area contributed by atoms with Gasteiger partial charge in [0.25, 0.3) is 5.91 Å². The molecule has 1 fully saturated rings. The third kappa shape index (κ3) is 4.44. The minimum Gasteiger partial charge on any atom is -0.490 e. The van der Waals surface area contributed by atoms with Crippen LogP contribution in [0.5, 0.6) is 5.75 Å². The van der Waals surface area contributed by atoms with Gasteiger partial charge in [0.15, 0.2) is 5.11 Å². The molecule has 1 aromatic rings. The Morgan fingerprint density at radius 1 is 1.32 bits per heavy atom. The zero-order valence-electron chi connectivity index (χ0n) is 13.5.